The first kappa shape index (κ1) is 22.1. The summed E-state index contributed by atoms with van der Waals surface area (Å²) in [6.45, 7) is 9.08. The molecule has 2 heterocycles. The number of carbonyl (C=O) groups is 1. The van der Waals surface area contributed by atoms with Gasteiger partial charge in [0, 0.05) is 37.8 Å². The van der Waals surface area contributed by atoms with Crippen LogP contribution in [0.2, 0.25) is 0 Å². The zero-order valence-corrected chi connectivity index (χ0v) is 18.7. The molecule has 1 atom stereocenters. The van der Waals surface area contributed by atoms with Crippen LogP contribution in [0.25, 0.3) is 0 Å². The Balaban J connectivity index is 1.51. The van der Waals surface area contributed by atoms with Gasteiger partial charge in [-0.1, -0.05) is 19.1 Å². The lowest BCUT2D eigenvalue weighted by atomic mass is 9.96. The summed E-state index contributed by atoms with van der Waals surface area (Å²) in [5, 5.41) is 3.12. The van der Waals surface area contributed by atoms with Crippen molar-refractivity contribution in [2.45, 2.75) is 52.5 Å². The lowest BCUT2D eigenvalue weighted by Crippen LogP contribution is -2.43. The number of sulfonamides is 1. The third-order valence-corrected chi connectivity index (χ3v) is 8.37. The van der Waals surface area contributed by atoms with E-state index in [-0.39, 0.29) is 23.6 Å². The van der Waals surface area contributed by atoms with E-state index in [1.807, 2.05) is 6.92 Å². The summed E-state index contributed by atoms with van der Waals surface area (Å²) in [7, 11) is -3.16. The van der Waals surface area contributed by atoms with Crippen LogP contribution in [-0.4, -0.2) is 50.6 Å². The van der Waals surface area contributed by atoms with Gasteiger partial charge in [0.1, 0.15) is 0 Å². The number of hydrogen-bond donors (Lipinski definition) is 1. The summed E-state index contributed by atoms with van der Waals surface area (Å²) < 4.78 is 25.5. The summed E-state index contributed by atoms with van der Waals surface area (Å²) in [5.74, 6) is 0.845. The molecule has 1 N–H and O–H groups in total. The first-order valence-corrected chi connectivity index (χ1v) is 12.5. The smallest absolute Gasteiger partial charge is 0.223 e. The van der Waals surface area contributed by atoms with Crippen molar-refractivity contribution >= 4 is 21.6 Å². The van der Waals surface area contributed by atoms with E-state index >= 15 is 0 Å². The molecule has 29 heavy (non-hydrogen) atoms. The molecule has 2 aliphatic rings. The van der Waals surface area contributed by atoms with Crippen LogP contribution in [0.5, 0.6) is 0 Å². The predicted octanol–water partition coefficient (Wildman–Crippen LogP) is 3.16. The number of carbonyl (C=O) groups excluding carboxylic acids is 1. The third-order valence-electron chi connectivity index (χ3n) is 6.48. The second-order valence-corrected chi connectivity index (χ2v) is 10.8. The van der Waals surface area contributed by atoms with Crippen molar-refractivity contribution in [3.8, 4) is 0 Å². The van der Waals surface area contributed by atoms with Gasteiger partial charge in [-0.25, -0.2) is 12.7 Å². The van der Waals surface area contributed by atoms with Gasteiger partial charge < -0.3 is 10.2 Å². The van der Waals surface area contributed by atoms with Gasteiger partial charge in [0.2, 0.25) is 15.9 Å². The summed E-state index contributed by atoms with van der Waals surface area (Å²) in [5.41, 5.74) is 2.35. The number of benzene rings is 1. The molecule has 2 fully saturated rings. The topological polar surface area (TPSA) is 69.7 Å². The minimum Gasteiger partial charge on any atom is -0.372 e. The highest BCUT2D eigenvalue weighted by molar-refractivity contribution is 7.89. The molecule has 0 radical (unpaired) electrons. The van der Waals surface area contributed by atoms with Crippen molar-refractivity contribution < 1.29 is 13.2 Å². The highest BCUT2D eigenvalue weighted by Crippen LogP contribution is 2.25. The van der Waals surface area contributed by atoms with Crippen molar-refractivity contribution in [1.82, 2.24) is 9.62 Å². The average molecular weight is 422 g/mol. The molecule has 0 unspecified atom stereocenters. The maximum Gasteiger partial charge on any atom is 0.223 e. The number of piperidine rings is 2. The molecule has 1 amide bonds. The lowest BCUT2D eigenvalue weighted by Gasteiger charge is -2.32. The second kappa shape index (κ2) is 9.47. The standard InChI is InChI=1S/C22H35N3O3S/c1-4-29(27,28)25-15-11-20(12-16-25)22(26)23-18(3)19-5-7-21(8-6-19)24-13-9-17(2)10-14-24/h5-8,17-18,20H,4,9-16H2,1-3H3,(H,23,26)/t18-/m0/s1. The van der Waals surface area contributed by atoms with Crippen molar-refractivity contribution in [2.24, 2.45) is 11.8 Å². The Morgan fingerprint density at radius 1 is 1.07 bits per heavy atom. The van der Waals surface area contributed by atoms with Crippen LogP contribution in [0.4, 0.5) is 5.69 Å². The molecule has 3 rings (SSSR count). The molecular weight excluding hydrogens is 386 g/mol. The van der Waals surface area contributed by atoms with Gasteiger partial charge in [-0.05, 0) is 63.1 Å². The molecule has 162 valence electrons. The molecule has 6 nitrogen and oxygen atoms in total. The van der Waals surface area contributed by atoms with E-state index in [0.29, 0.717) is 25.9 Å². The van der Waals surface area contributed by atoms with Gasteiger partial charge in [0.05, 0.1) is 11.8 Å². The highest BCUT2D eigenvalue weighted by Gasteiger charge is 2.30. The molecule has 1 aromatic rings. The fourth-order valence-electron chi connectivity index (χ4n) is 4.23. The van der Waals surface area contributed by atoms with Crippen LogP contribution < -0.4 is 10.2 Å². The Bertz CT molecular complexity index is 778. The van der Waals surface area contributed by atoms with Crippen molar-refractivity contribution in [2.75, 3.05) is 36.8 Å². The molecule has 0 aromatic heterocycles. The van der Waals surface area contributed by atoms with Gasteiger partial charge >= 0.3 is 0 Å². The maximum atomic E-state index is 12.7. The van der Waals surface area contributed by atoms with Crippen LogP contribution in [0.3, 0.4) is 0 Å². The van der Waals surface area contributed by atoms with Crippen molar-refractivity contribution in [3.05, 3.63) is 29.8 Å². The minimum atomic E-state index is -3.16. The number of rotatable bonds is 6. The number of nitrogens with zero attached hydrogens (tertiary/aromatic N) is 2. The van der Waals surface area contributed by atoms with Crippen LogP contribution >= 0.6 is 0 Å². The predicted molar refractivity (Wildman–Crippen MR) is 117 cm³/mol. The Kier molecular flexibility index (Phi) is 7.22. The van der Waals surface area contributed by atoms with Crippen molar-refractivity contribution in [1.29, 1.82) is 0 Å². The fraction of sp³-hybridized carbons (Fsp3) is 0.682. The quantitative estimate of drug-likeness (QED) is 0.766. The number of nitrogens with one attached hydrogen (secondary N) is 1. The zero-order valence-electron chi connectivity index (χ0n) is 17.9. The van der Waals surface area contributed by atoms with Gasteiger partial charge in [0.15, 0.2) is 0 Å². The Labute approximate surface area is 175 Å². The lowest BCUT2D eigenvalue weighted by molar-refractivity contribution is -0.126. The molecule has 1 aromatic carbocycles. The van der Waals surface area contributed by atoms with Crippen LogP contribution in [-0.2, 0) is 14.8 Å². The van der Waals surface area contributed by atoms with Gasteiger partial charge in [-0.2, -0.15) is 0 Å². The van der Waals surface area contributed by atoms with Gasteiger partial charge in [-0.3, -0.25) is 4.79 Å². The second-order valence-electron chi connectivity index (χ2n) is 8.57. The van der Waals surface area contributed by atoms with E-state index < -0.39 is 10.0 Å². The fourth-order valence-corrected chi connectivity index (χ4v) is 5.37. The maximum absolute atomic E-state index is 12.7. The third kappa shape index (κ3) is 5.51. The molecule has 0 spiro atoms. The largest absolute Gasteiger partial charge is 0.372 e. The molecule has 2 saturated heterocycles. The van der Waals surface area contributed by atoms with E-state index in [1.165, 1.54) is 22.8 Å². The highest BCUT2D eigenvalue weighted by atomic mass is 32.2. The van der Waals surface area contributed by atoms with Crippen LogP contribution in [0.15, 0.2) is 24.3 Å². The zero-order chi connectivity index (χ0) is 21.0. The van der Waals surface area contributed by atoms with E-state index in [9.17, 15) is 13.2 Å². The van der Waals surface area contributed by atoms with Gasteiger partial charge in [0.25, 0.3) is 0 Å². The molecule has 0 bridgehead atoms. The van der Waals surface area contributed by atoms with E-state index in [4.69, 9.17) is 0 Å². The van der Waals surface area contributed by atoms with E-state index in [2.05, 4.69) is 41.4 Å². The van der Waals surface area contributed by atoms with Crippen LogP contribution in [0.1, 0.15) is 58.1 Å². The summed E-state index contributed by atoms with van der Waals surface area (Å²) in [4.78, 5) is 15.1. The molecular formula is C22H35N3O3S. The molecule has 0 saturated carbocycles. The Morgan fingerprint density at radius 3 is 2.21 bits per heavy atom. The minimum absolute atomic E-state index is 0.0279. The Morgan fingerprint density at radius 2 is 1.66 bits per heavy atom. The summed E-state index contributed by atoms with van der Waals surface area (Å²) in [6.07, 6.45) is 3.66. The average Bonchev–Trinajstić information content (AvgIpc) is 2.74. The number of anilines is 1. The molecule has 2 aliphatic heterocycles. The monoisotopic (exact) mass is 421 g/mol. The summed E-state index contributed by atoms with van der Waals surface area (Å²) >= 11 is 0. The van der Waals surface area contributed by atoms with Gasteiger partial charge in [-0.15, -0.1) is 0 Å². The number of amides is 1. The van der Waals surface area contributed by atoms with Crippen LogP contribution in [0, 0.1) is 11.8 Å². The van der Waals surface area contributed by atoms with E-state index in [0.717, 1.165) is 24.6 Å². The van der Waals surface area contributed by atoms with E-state index in [1.54, 1.807) is 6.92 Å². The SMILES string of the molecule is CCS(=O)(=O)N1CCC(C(=O)N[C@@H](C)c2ccc(N3CCC(C)CC3)cc2)CC1. The van der Waals surface area contributed by atoms with Crippen molar-refractivity contribution in [3.63, 3.8) is 0 Å². The first-order valence-electron chi connectivity index (χ1n) is 10.9. The molecule has 0 aliphatic carbocycles. The summed E-state index contributed by atoms with van der Waals surface area (Å²) in [6, 6.07) is 8.46. The molecule has 7 heteroatoms. The Hall–Kier alpha value is -1.60. The first-order chi connectivity index (χ1) is 13.8. The normalized spacial score (nSPS) is 21.1. The number of hydrogen-bond acceptors (Lipinski definition) is 4.